The number of hydrogen-bond acceptors (Lipinski definition) is 4. The van der Waals surface area contributed by atoms with Crippen molar-refractivity contribution >= 4 is 17.4 Å². The maximum Gasteiger partial charge on any atom is 0.256 e. The molecule has 6 nitrogen and oxygen atoms in total. The molecule has 1 aromatic carbocycles. The van der Waals surface area contributed by atoms with Gasteiger partial charge in [-0.3, -0.25) is 9.89 Å². The second kappa shape index (κ2) is 3.93. The number of aromatic amines is 1. The summed E-state index contributed by atoms with van der Waals surface area (Å²) >= 11 is 0. The highest BCUT2D eigenvalue weighted by molar-refractivity contribution is 6.04. The minimum absolute atomic E-state index is 0.114. The number of carbonyl (C=O) groups is 1. The van der Waals surface area contributed by atoms with E-state index in [0.29, 0.717) is 11.4 Å². The molecule has 0 atom stereocenters. The van der Waals surface area contributed by atoms with Crippen LogP contribution < -0.4 is 11.1 Å². The number of carbonyl (C=O) groups excluding carboxylic acids is 1. The number of rotatable bonds is 2. The number of nitrogens with zero attached hydrogens (tertiary/aromatic N) is 1. The molecule has 82 valence electrons. The predicted molar refractivity (Wildman–Crippen MR) is 59.1 cm³/mol. The fourth-order valence-corrected chi connectivity index (χ4v) is 1.20. The highest BCUT2D eigenvalue weighted by Gasteiger charge is 2.08. The summed E-state index contributed by atoms with van der Waals surface area (Å²) in [5.41, 5.74) is 5.98. The Hall–Kier alpha value is -2.50. The standard InChI is InChI=1S/C10H10N4O2/c11-7-2-1-6(5-8(7)15)10(16)13-9-3-4-12-14-9/h1-5,15H,11H2,(H2,12,13,14,16). The Morgan fingerprint density at radius 3 is 2.88 bits per heavy atom. The summed E-state index contributed by atoms with van der Waals surface area (Å²) < 4.78 is 0. The highest BCUT2D eigenvalue weighted by Crippen LogP contribution is 2.21. The molecule has 0 saturated carbocycles. The van der Waals surface area contributed by atoms with Gasteiger partial charge in [0, 0.05) is 11.6 Å². The van der Waals surface area contributed by atoms with Gasteiger partial charge < -0.3 is 16.2 Å². The molecule has 2 aromatic rings. The van der Waals surface area contributed by atoms with E-state index < -0.39 is 0 Å². The van der Waals surface area contributed by atoms with Crippen molar-refractivity contribution in [3.05, 3.63) is 36.0 Å². The number of H-pyrrole nitrogens is 1. The van der Waals surface area contributed by atoms with Crippen LogP contribution in [0, 0.1) is 0 Å². The summed E-state index contributed by atoms with van der Waals surface area (Å²) in [6, 6.07) is 5.92. The van der Waals surface area contributed by atoms with Crippen LogP contribution in [-0.4, -0.2) is 21.2 Å². The third-order valence-corrected chi connectivity index (χ3v) is 2.04. The molecule has 0 aliphatic rings. The van der Waals surface area contributed by atoms with Gasteiger partial charge in [0.15, 0.2) is 0 Å². The molecule has 5 N–H and O–H groups in total. The van der Waals surface area contributed by atoms with Crippen LogP contribution in [0.2, 0.25) is 0 Å². The Labute approximate surface area is 91.1 Å². The molecule has 0 aliphatic carbocycles. The molecule has 0 unspecified atom stereocenters. The molecule has 0 fully saturated rings. The summed E-state index contributed by atoms with van der Waals surface area (Å²) in [5.74, 6) is 0.0260. The topological polar surface area (TPSA) is 104 Å². The van der Waals surface area contributed by atoms with Gasteiger partial charge in [-0.25, -0.2) is 0 Å². The number of nitrogen functional groups attached to an aromatic ring is 1. The minimum Gasteiger partial charge on any atom is -0.506 e. The van der Waals surface area contributed by atoms with E-state index in [1.807, 2.05) is 0 Å². The van der Waals surface area contributed by atoms with Crippen molar-refractivity contribution in [2.75, 3.05) is 11.1 Å². The van der Waals surface area contributed by atoms with Crippen LogP contribution in [0.1, 0.15) is 10.4 Å². The van der Waals surface area contributed by atoms with Gasteiger partial charge in [0.2, 0.25) is 0 Å². The van der Waals surface area contributed by atoms with Crippen molar-refractivity contribution in [2.45, 2.75) is 0 Å². The van der Waals surface area contributed by atoms with Gasteiger partial charge in [-0.05, 0) is 18.2 Å². The van der Waals surface area contributed by atoms with Gasteiger partial charge in [0.25, 0.3) is 5.91 Å². The SMILES string of the molecule is Nc1ccc(C(=O)Nc2ccn[nH]2)cc1O. The minimum atomic E-state index is -0.348. The van der Waals surface area contributed by atoms with Crippen LogP contribution in [0.5, 0.6) is 5.75 Å². The third-order valence-electron chi connectivity index (χ3n) is 2.04. The molecular formula is C10H10N4O2. The zero-order chi connectivity index (χ0) is 11.5. The van der Waals surface area contributed by atoms with Crippen LogP contribution in [0.15, 0.2) is 30.5 Å². The number of anilines is 2. The number of nitrogens with one attached hydrogen (secondary N) is 2. The van der Waals surface area contributed by atoms with Crippen molar-refractivity contribution in [3.8, 4) is 5.75 Å². The molecule has 6 heteroatoms. The van der Waals surface area contributed by atoms with E-state index in [0.717, 1.165) is 0 Å². The van der Waals surface area contributed by atoms with E-state index in [-0.39, 0.29) is 17.3 Å². The zero-order valence-corrected chi connectivity index (χ0v) is 8.27. The average Bonchev–Trinajstić information content (AvgIpc) is 2.74. The van der Waals surface area contributed by atoms with Gasteiger partial charge in [-0.1, -0.05) is 0 Å². The first-order chi connectivity index (χ1) is 7.66. The fourth-order valence-electron chi connectivity index (χ4n) is 1.20. The molecule has 0 saturated heterocycles. The van der Waals surface area contributed by atoms with Crippen molar-refractivity contribution in [3.63, 3.8) is 0 Å². The van der Waals surface area contributed by atoms with E-state index in [2.05, 4.69) is 15.5 Å². The summed E-state index contributed by atoms with van der Waals surface area (Å²) in [4.78, 5) is 11.7. The molecule has 1 amide bonds. The summed E-state index contributed by atoms with van der Waals surface area (Å²) in [6.45, 7) is 0. The fraction of sp³-hybridized carbons (Fsp3) is 0. The molecule has 16 heavy (non-hydrogen) atoms. The Bertz CT molecular complexity index is 508. The number of phenols is 1. The third kappa shape index (κ3) is 1.95. The molecule has 0 bridgehead atoms. The van der Waals surface area contributed by atoms with Crippen molar-refractivity contribution in [1.29, 1.82) is 0 Å². The summed E-state index contributed by atoms with van der Waals surface area (Å²) in [7, 11) is 0. The smallest absolute Gasteiger partial charge is 0.256 e. The van der Waals surface area contributed by atoms with E-state index in [1.165, 1.54) is 24.4 Å². The predicted octanol–water partition coefficient (Wildman–Crippen LogP) is 0.950. The first-order valence-corrected chi connectivity index (χ1v) is 4.56. The first kappa shape index (κ1) is 10.0. The maximum atomic E-state index is 11.7. The number of aromatic hydroxyl groups is 1. The Morgan fingerprint density at radius 1 is 1.44 bits per heavy atom. The van der Waals surface area contributed by atoms with Gasteiger partial charge >= 0.3 is 0 Å². The lowest BCUT2D eigenvalue weighted by atomic mass is 10.2. The van der Waals surface area contributed by atoms with Gasteiger partial charge in [-0.15, -0.1) is 0 Å². The molecule has 0 aliphatic heterocycles. The largest absolute Gasteiger partial charge is 0.506 e. The lowest BCUT2D eigenvalue weighted by molar-refractivity contribution is 0.102. The Morgan fingerprint density at radius 2 is 2.25 bits per heavy atom. The van der Waals surface area contributed by atoms with Crippen LogP contribution in [0.25, 0.3) is 0 Å². The number of aromatic nitrogens is 2. The average molecular weight is 218 g/mol. The summed E-state index contributed by atoms with van der Waals surface area (Å²) in [5, 5.41) is 18.2. The van der Waals surface area contributed by atoms with Crippen molar-refractivity contribution in [1.82, 2.24) is 10.2 Å². The van der Waals surface area contributed by atoms with Crippen LogP contribution >= 0.6 is 0 Å². The normalized spacial score (nSPS) is 10.0. The van der Waals surface area contributed by atoms with E-state index in [4.69, 9.17) is 5.73 Å². The number of amides is 1. The monoisotopic (exact) mass is 218 g/mol. The molecular weight excluding hydrogens is 208 g/mol. The lowest BCUT2D eigenvalue weighted by Gasteiger charge is -2.04. The zero-order valence-electron chi connectivity index (χ0n) is 8.27. The van der Waals surface area contributed by atoms with Crippen molar-refractivity contribution in [2.24, 2.45) is 0 Å². The Balaban J connectivity index is 2.18. The number of benzene rings is 1. The first-order valence-electron chi connectivity index (χ1n) is 4.56. The van der Waals surface area contributed by atoms with Crippen LogP contribution in [0.3, 0.4) is 0 Å². The second-order valence-electron chi connectivity index (χ2n) is 3.20. The number of nitrogens with two attached hydrogens (primary N) is 1. The van der Waals surface area contributed by atoms with E-state index >= 15 is 0 Å². The number of hydrogen-bond donors (Lipinski definition) is 4. The maximum absolute atomic E-state index is 11.7. The highest BCUT2D eigenvalue weighted by atomic mass is 16.3. The molecule has 2 rings (SSSR count). The lowest BCUT2D eigenvalue weighted by Crippen LogP contribution is -2.12. The quantitative estimate of drug-likeness (QED) is 0.445. The van der Waals surface area contributed by atoms with E-state index in [1.54, 1.807) is 6.07 Å². The van der Waals surface area contributed by atoms with Crippen molar-refractivity contribution < 1.29 is 9.90 Å². The molecule has 0 spiro atoms. The van der Waals surface area contributed by atoms with Gasteiger partial charge in [-0.2, -0.15) is 5.10 Å². The molecule has 0 radical (unpaired) electrons. The van der Waals surface area contributed by atoms with Crippen LogP contribution in [0.4, 0.5) is 11.5 Å². The van der Waals surface area contributed by atoms with Gasteiger partial charge in [0.05, 0.1) is 11.9 Å². The Kier molecular flexibility index (Phi) is 2.47. The van der Waals surface area contributed by atoms with E-state index in [9.17, 15) is 9.90 Å². The van der Waals surface area contributed by atoms with Crippen LogP contribution in [-0.2, 0) is 0 Å². The van der Waals surface area contributed by atoms with Gasteiger partial charge in [0.1, 0.15) is 11.6 Å². The molecule has 1 aromatic heterocycles. The summed E-state index contributed by atoms with van der Waals surface area (Å²) in [6.07, 6.45) is 1.52. The second-order valence-corrected chi connectivity index (χ2v) is 3.20. The molecule has 1 heterocycles. The number of phenolic OH excluding ortho intramolecular Hbond substituents is 1.